The SMILES string of the molecule is CC[C@H](C)[C@@H]1NC(=O)[C@H](Cc2ccc(O)cc2)NC(=O)[C@@H]2CCCN2C(=O)[C@H](C)NC(=O)[C@H](C)NC(=O)[C@@H]2CCCN2C(=O)[C@@H]2CCCN2C(=O)[C@H]([C@@H](C)CC)NC1=O. The van der Waals surface area contributed by atoms with E-state index in [-0.39, 0.29) is 37.1 Å². The van der Waals surface area contributed by atoms with Crippen LogP contribution in [-0.2, 0) is 44.8 Å². The van der Waals surface area contributed by atoms with Gasteiger partial charge in [-0.25, -0.2) is 0 Å². The van der Waals surface area contributed by atoms with Crippen molar-refractivity contribution in [3.05, 3.63) is 29.8 Å². The molecule has 1 aromatic carbocycles. The molecule has 0 aromatic heterocycles. The maximum atomic E-state index is 14.5. The first-order valence-corrected chi connectivity index (χ1v) is 21.3. The van der Waals surface area contributed by atoms with Gasteiger partial charge in [0.2, 0.25) is 47.3 Å². The minimum absolute atomic E-state index is 0.0119. The van der Waals surface area contributed by atoms with Gasteiger partial charge in [-0.05, 0) is 81.9 Å². The van der Waals surface area contributed by atoms with E-state index in [9.17, 15) is 43.5 Å². The highest BCUT2D eigenvalue weighted by atomic mass is 16.3. The molecule has 4 heterocycles. The van der Waals surface area contributed by atoms with Crippen LogP contribution < -0.4 is 26.6 Å². The summed E-state index contributed by atoms with van der Waals surface area (Å²) in [6, 6.07) is -2.06. The Morgan fingerprint density at radius 3 is 1.61 bits per heavy atom. The van der Waals surface area contributed by atoms with Gasteiger partial charge in [-0.3, -0.25) is 38.4 Å². The molecule has 6 N–H and O–H groups in total. The number of phenols is 1. The number of benzene rings is 1. The molecule has 0 bridgehead atoms. The Bertz CT molecular complexity index is 1760. The summed E-state index contributed by atoms with van der Waals surface area (Å²) >= 11 is 0. The first-order valence-electron chi connectivity index (χ1n) is 21.3. The number of nitrogens with zero attached hydrogens (tertiary/aromatic N) is 3. The second-order valence-electron chi connectivity index (χ2n) is 16.7. The second kappa shape index (κ2) is 19.7. The van der Waals surface area contributed by atoms with E-state index in [0.29, 0.717) is 63.5 Å². The normalized spacial score (nSPS) is 30.6. The smallest absolute Gasteiger partial charge is 0.246 e. The molecule has 17 nitrogen and oxygen atoms in total. The number of carbonyl (C=O) groups is 8. The molecule has 17 heteroatoms. The summed E-state index contributed by atoms with van der Waals surface area (Å²) in [5.74, 6) is -5.07. The molecule has 0 radical (unpaired) electrons. The van der Waals surface area contributed by atoms with Gasteiger partial charge in [-0.2, -0.15) is 0 Å². The van der Waals surface area contributed by atoms with Crippen LogP contribution in [0.5, 0.6) is 5.75 Å². The number of rotatable bonds is 6. The van der Waals surface area contributed by atoms with Crippen LogP contribution in [0.3, 0.4) is 0 Å². The maximum Gasteiger partial charge on any atom is 0.246 e. The minimum atomic E-state index is -1.21. The second-order valence-corrected chi connectivity index (χ2v) is 16.7. The van der Waals surface area contributed by atoms with Gasteiger partial charge in [-0.15, -0.1) is 0 Å². The summed E-state index contributed by atoms with van der Waals surface area (Å²) in [7, 11) is 0. The lowest BCUT2D eigenvalue weighted by atomic mass is 9.94. The third-order valence-electron chi connectivity index (χ3n) is 12.6. The van der Waals surface area contributed by atoms with Gasteiger partial charge >= 0.3 is 0 Å². The molecule has 0 saturated carbocycles. The number of fused-ring (bicyclic) bond motifs is 3. The number of hydrogen-bond acceptors (Lipinski definition) is 9. The lowest BCUT2D eigenvalue weighted by Crippen LogP contribution is -2.62. The van der Waals surface area contributed by atoms with E-state index in [1.807, 2.05) is 20.8 Å². The first-order chi connectivity index (χ1) is 28.1. The topological polar surface area (TPSA) is 227 Å². The molecule has 324 valence electrons. The Labute approximate surface area is 346 Å². The molecular weight excluding hydrogens is 761 g/mol. The van der Waals surface area contributed by atoms with E-state index >= 15 is 0 Å². The highest BCUT2D eigenvalue weighted by Gasteiger charge is 2.45. The van der Waals surface area contributed by atoms with Crippen LogP contribution in [0.1, 0.15) is 98.5 Å². The van der Waals surface area contributed by atoms with Crippen LogP contribution in [-0.4, -0.2) is 135 Å². The van der Waals surface area contributed by atoms with Crippen LogP contribution >= 0.6 is 0 Å². The van der Waals surface area contributed by atoms with Crippen molar-refractivity contribution in [1.29, 1.82) is 0 Å². The van der Waals surface area contributed by atoms with Gasteiger partial charge in [0, 0.05) is 26.1 Å². The van der Waals surface area contributed by atoms with Gasteiger partial charge in [0.15, 0.2) is 0 Å². The highest BCUT2D eigenvalue weighted by Crippen LogP contribution is 2.27. The summed E-state index contributed by atoms with van der Waals surface area (Å²) in [5.41, 5.74) is 0.607. The molecule has 0 unspecified atom stereocenters. The summed E-state index contributed by atoms with van der Waals surface area (Å²) in [6.07, 6.45) is 3.61. The number of hydrogen-bond donors (Lipinski definition) is 6. The Kier molecular flexibility index (Phi) is 15.0. The fraction of sp³-hybridized carbons (Fsp3) is 0.667. The molecule has 59 heavy (non-hydrogen) atoms. The summed E-state index contributed by atoms with van der Waals surface area (Å²) < 4.78 is 0. The van der Waals surface area contributed by atoms with Crippen molar-refractivity contribution in [3.8, 4) is 5.75 Å². The summed E-state index contributed by atoms with van der Waals surface area (Å²) in [6.45, 7) is 11.2. The van der Waals surface area contributed by atoms with Gasteiger partial charge < -0.3 is 46.4 Å². The molecule has 0 spiro atoms. The first kappa shape index (κ1) is 44.9. The molecule has 4 fully saturated rings. The minimum Gasteiger partial charge on any atom is -0.508 e. The van der Waals surface area contributed by atoms with Crippen LogP contribution in [0.2, 0.25) is 0 Å². The Morgan fingerprint density at radius 1 is 0.559 bits per heavy atom. The van der Waals surface area contributed by atoms with Gasteiger partial charge in [0.05, 0.1) is 0 Å². The largest absolute Gasteiger partial charge is 0.508 e. The Hall–Kier alpha value is -5.22. The number of carbonyl (C=O) groups excluding carboxylic acids is 8. The molecule has 0 aliphatic carbocycles. The van der Waals surface area contributed by atoms with Crippen LogP contribution in [0.25, 0.3) is 0 Å². The standard InChI is InChI=1S/C42H62N8O9/c1-7-23(3)33-39(56)47-34(24(4)8-2)42(59)50-21-11-14-32(50)41(58)49-20-10-12-30(49)37(54)43-25(5)35(52)44-26(6)40(57)48-19-9-13-31(48)38(55)45-29(36(53)46-33)22-27-15-17-28(51)18-16-27/h15-18,23-26,29-34,51H,7-14,19-22H2,1-6H3,(H,43,54)(H,44,52)(H,45,55)(H,46,53)(H,47,56)/t23-,24-,25-,26-,29-,30-,31-,32-,33-,34-/m0/s1. The lowest BCUT2D eigenvalue weighted by Gasteiger charge is -2.35. The van der Waals surface area contributed by atoms with Crippen molar-refractivity contribution < 1.29 is 43.5 Å². The van der Waals surface area contributed by atoms with E-state index in [1.54, 1.807) is 19.1 Å². The van der Waals surface area contributed by atoms with Crippen molar-refractivity contribution in [2.45, 2.75) is 148 Å². The molecular formula is C42H62N8O9. The average Bonchev–Trinajstić information content (AvgIpc) is 4.02. The third-order valence-corrected chi connectivity index (χ3v) is 12.6. The number of aromatic hydroxyl groups is 1. The molecule has 4 aliphatic heterocycles. The molecule has 10 atom stereocenters. The van der Waals surface area contributed by atoms with Crippen molar-refractivity contribution >= 4 is 47.3 Å². The third kappa shape index (κ3) is 10.3. The zero-order chi connectivity index (χ0) is 43.1. The van der Waals surface area contributed by atoms with E-state index < -0.39 is 95.6 Å². The average molecular weight is 823 g/mol. The van der Waals surface area contributed by atoms with E-state index in [2.05, 4.69) is 26.6 Å². The molecule has 4 aliphatic rings. The van der Waals surface area contributed by atoms with E-state index in [4.69, 9.17) is 0 Å². The van der Waals surface area contributed by atoms with Crippen molar-refractivity contribution in [1.82, 2.24) is 41.3 Å². The predicted molar refractivity (Wildman–Crippen MR) is 216 cm³/mol. The quantitative estimate of drug-likeness (QED) is 0.234. The molecule has 5 rings (SSSR count). The fourth-order valence-corrected chi connectivity index (χ4v) is 8.51. The van der Waals surface area contributed by atoms with Crippen molar-refractivity contribution in [2.24, 2.45) is 11.8 Å². The maximum absolute atomic E-state index is 14.5. The van der Waals surface area contributed by atoms with E-state index in [0.717, 1.165) is 0 Å². The van der Waals surface area contributed by atoms with Gasteiger partial charge in [0.1, 0.15) is 54.1 Å². The molecule has 4 saturated heterocycles. The number of nitrogens with one attached hydrogen (secondary N) is 5. The van der Waals surface area contributed by atoms with Crippen LogP contribution in [0.15, 0.2) is 24.3 Å². The highest BCUT2D eigenvalue weighted by molar-refractivity contribution is 5.99. The van der Waals surface area contributed by atoms with Crippen molar-refractivity contribution in [2.75, 3.05) is 19.6 Å². The Balaban J connectivity index is 1.51. The fourth-order valence-electron chi connectivity index (χ4n) is 8.51. The van der Waals surface area contributed by atoms with Gasteiger partial charge in [0.25, 0.3) is 0 Å². The van der Waals surface area contributed by atoms with E-state index in [1.165, 1.54) is 40.7 Å². The summed E-state index contributed by atoms with van der Waals surface area (Å²) in [5, 5.41) is 23.9. The zero-order valence-electron chi connectivity index (χ0n) is 35.1. The zero-order valence-corrected chi connectivity index (χ0v) is 35.1. The monoisotopic (exact) mass is 822 g/mol. The predicted octanol–water partition coefficient (Wildman–Crippen LogP) is 0.477. The number of amides is 8. The Morgan fingerprint density at radius 2 is 1.03 bits per heavy atom. The lowest BCUT2D eigenvalue weighted by molar-refractivity contribution is -0.149. The summed E-state index contributed by atoms with van der Waals surface area (Å²) in [4.78, 5) is 116. The molecule has 1 aromatic rings. The number of phenolic OH excluding ortho intramolecular Hbond substituents is 1. The van der Waals surface area contributed by atoms with Crippen LogP contribution in [0, 0.1) is 11.8 Å². The van der Waals surface area contributed by atoms with Crippen LogP contribution in [0.4, 0.5) is 0 Å². The van der Waals surface area contributed by atoms with Gasteiger partial charge in [-0.1, -0.05) is 52.7 Å². The molecule has 8 amide bonds. The van der Waals surface area contributed by atoms with Crippen molar-refractivity contribution in [3.63, 3.8) is 0 Å².